The van der Waals surface area contributed by atoms with Crippen molar-refractivity contribution < 1.29 is 9.90 Å². The van der Waals surface area contributed by atoms with Gasteiger partial charge in [0, 0.05) is 22.7 Å². The Labute approximate surface area is 128 Å². The van der Waals surface area contributed by atoms with Gasteiger partial charge in [-0.05, 0) is 30.2 Å². The number of aliphatic hydroxyl groups is 1. The van der Waals surface area contributed by atoms with Gasteiger partial charge in [-0.3, -0.25) is 9.78 Å². The molecule has 2 rings (SSSR count). The van der Waals surface area contributed by atoms with E-state index in [0.717, 1.165) is 5.56 Å². The minimum absolute atomic E-state index is 0.104. The first kappa shape index (κ1) is 15.5. The Balaban J connectivity index is 2.01. The molecule has 0 aliphatic heterocycles. The highest BCUT2D eigenvalue weighted by Gasteiger charge is 2.15. The lowest BCUT2D eigenvalue weighted by molar-refractivity contribution is -0.119. The number of carbonyl (C=O) groups excluding carboxylic acids is 1. The van der Waals surface area contributed by atoms with Crippen LogP contribution in [0.15, 0.2) is 42.7 Å². The first-order chi connectivity index (χ1) is 10.1. The molecule has 0 radical (unpaired) electrons. The summed E-state index contributed by atoms with van der Waals surface area (Å²) in [6.45, 7) is 1.72. The largest absolute Gasteiger partial charge is 0.392 e. The summed E-state index contributed by atoms with van der Waals surface area (Å²) in [5, 5.41) is 12.7. The number of aromatic nitrogens is 1. The summed E-state index contributed by atoms with van der Waals surface area (Å²) in [6, 6.07) is 9.13. The summed E-state index contributed by atoms with van der Waals surface area (Å²) in [5.41, 5.74) is 2.25. The number of pyridine rings is 1. The van der Waals surface area contributed by atoms with Gasteiger partial charge < -0.3 is 10.4 Å². The van der Waals surface area contributed by atoms with Crippen LogP contribution < -0.4 is 5.32 Å². The third-order valence-corrected chi connectivity index (χ3v) is 3.49. The summed E-state index contributed by atoms with van der Waals surface area (Å²) in [6.07, 6.45) is 3.74. The predicted molar refractivity (Wildman–Crippen MR) is 83.1 cm³/mol. The van der Waals surface area contributed by atoms with E-state index in [1.807, 2.05) is 31.2 Å². The molecular weight excluding hydrogens is 288 g/mol. The molecule has 0 aliphatic rings. The van der Waals surface area contributed by atoms with Crippen LogP contribution >= 0.6 is 11.6 Å². The van der Waals surface area contributed by atoms with Crippen molar-refractivity contribution >= 4 is 23.2 Å². The molecule has 0 bridgehead atoms. The number of hydrogen-bond donors (Lipinski definition) is 2. The quantitative estimate of drug-likeness (QED) is 0.892. The zero-order valence-corrected chi connectivity index (χ0v) is 12.5. The topological polar surface area (TPSA) is 62.2 Å². The van der Waals surface area contributed by atoms with Crippen LogP contribution in [0.5, 0.6) is 0 Å². The molecule has 1 aromatic heterocycles. The molecule has 5 heteroatoms. The van der Waals surface area contributed by atoms with Crippen molar-refractivity contribution in [1.82, 2.24) is 4.98 Å². The van der Waals surface area contributed by atoms with Gasteiger partial charge in [0.05, 0.1) is 18.5 Å². The lowest BCUT2D eigenvalue weighted by atomic mass is 10.0. The number of halogens is 1. The average Bonchev–Trinajstić information content (AvgIpc) is 2.50. The second-order valence-electron chi connectivity index (χ2n) is 4.91. The minimum atomic E-state index is -0.196. The van der Waals surface area contributed by atoms with E-state index in [-0.39, 0.29) is 18.4 Å². The van der Waals surface area contributed by atoms with Crippen LogP contribution in [0.3, 0.4) is 0 Å². The van der Waals surface area contributed by atoms with E-state index in [0.29, 0.717) is 22.7 Å². The summed E-state index contributed by atoms with van der Waals surface area (Å²) in [4.78, 5) is 16.2. The lowest BCUT2D eigenvalue weighted by Gasteiger charge is -2.14. The van der Waals surface area contributed by atoms with Crippen LogP contribution in [0.2, 0.25) is 5.02 Å². The van der Waals surface area contributed by atoms with E-state index in [4.69, 9.17) is 11.6 Å². The first-order valence-electron chi connectivity index (χ1n) is 6.69. The van der Waals surface area contributed by atoms with E-state index in [1.54, 1.807) is 18.5 Å². The number of benzene rings is 1. The van der Waals surface area contributed by atoms with Crippen molar-refractivity contribution in [2.24, 2.45) is 5.92 Å². The van der Waals surface area contributed by atoms with Gasteiger partial charge in [0.15, 0.2) is 0 Å². The monoisotopic (exact) mass is 304 g/mol. The normalized spacial score (nSPS) is 12.0. The minimum Gasteiger partial charge on any atom is -0.392 e. The van der Waals surface area contributed by atoms with E-state index >= 15 is 0 Å². The molecule has 0 fully saturated rings. The molecule has 2 aromatic rings. The second-order valence-corrected chi connectivity index (χ2v) is 5.35. The maximum absolute atomic E-state index is 12.2. The van der Waals surface area contributed by atoms with E-state index in [2.05, 4.69) is 10.3 Å². The number of nitrogens with zero attached hydrogens (tertiary/aromatic N) is 1. The standard InChI is InChI=1S/C16H17ClN2O2/c1-11(8-12-2-4-14(17)5-3-12)16(21)19-15-9-18-7-6-13(15)10-20/h2-7,9,11,20H,8,10H2,1H3,(H,19,21). The number of amides is 1. The Morgan fingerprint density at radius 2 is 2.05 bits per heavy atom. The fourth-order valence-electron chi connectivity index (χ4n) is 2.00. The predicted octanol–water partition coefficient (Wildman–Crippen LogP) is 3.04. The third kappa shape index (κ3) is 4.28. The zero-order chi connectivity index (χ0) is 15.2. The Bertz CT molecular complexity index is 614. The summed E-state index contributed by atoms with van der Waals surface area (Å²) in [5.74, 6) is -0.300. The second kappa shape index (κ2) is 7.20. The Morgan fingerprint density at radius 3 is 2.71 bits per heavy atom. The number of aliphatic hydroxyl groups excluding tert-OH is 1. The highest BCUT2D eigenvalue weighted by molar-refractivity contribution is 6.30. The summed E-state index contributed by atoms with van der Waals surface area (Å²) < 4.78 is 0. The van der Waals surface area contributed by atoms with Crippen molar-refractivity contribution in [2.45, 2.75) is 20.0 Å². The number of hydrogen-bond acceptors (Lipinski definition) is 3. The van der Waals surface area contributed by atoms with Gasteiger partial charge in [0.2, 0.25) is 5.91 Å². The number of rotatable bonds is 5. The molecule has 1 atom stereocenters. The number of nitrogens with one attached hydrogen (secondary N) is 1. The summed E-state index contributed by atoms with van der Waals surface area (Å²) in [7, 11) is 0. The van der Waals surface area contributed by atoms with Gasteiger partial charge >= 0.3 is 0 Å². The number of carbonyl (C=O) groups is 1. The van der Waals surface area contributed by atoms with Crippen LogP contribution in [0.25, 0.3) is 0 Å². The molecule has 2 N–H and O–H groups in total. The van der Waals surface area contributed by atoms with Gasteiger partial charge in [-0.25, -0.2) is 0 Å². The molecule has 0 aliphatic carbocycles. The van der Waals surface area contributed by atoms with Crippen molar-refractivity contribution in [1.29, 1.82) is 0 Å². The highest BCUT2D eigenvalue weighted by atomic mass is 35.5. The Hall–Kier alpha value is -1.91. The molecule has 110 valence electrons. The smallest absolute Gasteiger partial charge is 0.227 e. The SMILES string of the molecule is CC(Cc1ccc(Cl)cc1)C(=O)Nc1cnccc1CO. The molecule has 0 saturated carbocycles. The van der Waals surface area contributed by atoms with Gasteiger partial charge in [0.25, 0.3) is 0 Å². The molecular formula is C16H17ClN2O2. The first-order valence-corrected chi connectivity index (χ1v) is 7.07. The van der Waals surface area contributed by atoms with Crippen LogP contribution in [0, 0.1) is 5.92 Å². The number of anilines is 1. The van der Waals surface area contributed by atoms with E-state index < -0.39 is 0 Å². The molecule has 1 heterocycles. The maximum atomic E-state index is 12.2. The average molecular weight is 305 g/mol. The summed E-state index contributed by atoms with van der Waals surface area (Å²) >= 11 is 5.84. The molecule has 1 unspecified atom stereocenters. The Kier molecular flexibility index (Phi) is 5.31. The third-order valence-electron chi connectivity index (χ3n) is 3.24. The molecule has 1 amide bonds. The van der Waals surface area contributed by atoms with Crippen LogP contribution in [0.4, 0.5) is 5.69 Å². The highest BCUT2D eigenvalue weighted by Crippen LogP contribution is 2.17. The van der Waals surface area contributed by atoms with Gasteiger partial charge in [-0.2, -0.15) is 0 Å². The van der Waals surface area contributed by atoms with E-state index in [9.17, 15) is 9.90 Å². The van der Waals surface area contributed by atoms with Crippen molar-refractivity contribution in [2.75, 3.05) is 5.32 Å². The van der Waals surface area contributed by atoms with Gasteiger partial charge in [-0.15, -0.1) is 0 Å². The van der Waals surface area contributed by atoms with Crippen LogP contribution in [-0.2, 0) is 17.8 Å². The maximum Gasteiger partial charge on any atom is 0.227 e. The lowest BCUT2D eigenvalue weighted by Crippen LogP contribution is -2.23. The zero-order valence-electron chi connectivity index (χ0n) is 11.7. The van der Waals surface area contributed by atoms with Gasteiger partial charge in [-0.1, -0.05) is 30.7 Å². The van der Waals surface area contributed by atoms with Crippen LogP contribution in [-0.4, -0.2) is 16.0 Å². The van der Waals surface area contributed by atoms with E-state index in [1.165, 1.54) is 0 Å². The van der Waals surface area contributed by atoms with Gasteiger partial charge in [0.1, 0.15) is 0 Å². The van der Waals surface area contributed by atoms with Crippen molar-refractivity contribution in [3.05, 3.63) is 58.9 Å². The fraction of sp³-hybridized carbons (Fsp3) is 0.250. The molecule has 4 nitrogen and oxygen atoms in total. The van der Waals surface area contributed by atoms with Crippen molar-refractivity contribution in [3.63, 3.8) is 0 Å². The van der Waals surface area contributed by atoms with Crippen molar-refractivity contribution in [3.8, 4) is 0 Å². The molecule has 1 aromatic carbocycles. The molecule has 0 saturated heterocycles. The fourth-order valence-corrected chi connectivity index (χ4v) is 2.12. The van der Waals surface area contributed by atoms with Crippen LogP contribution in [0.1, 0.15) is 18.1 Å². The Morgan fingerprint density at radius 1 is 1.33 bits per heavy atom. The molecule has 0 spiro atoms. The molecule has 21 heavy (non-hydrogen) atoms.